The molecule has 1 aromatic carbocycles. The quantitative estimate of drug-likeness (QED) is 0.906. The lowest BCUT2D eigenvalue weighted by molar-refractivity contribution is 0.232. The summed E-state index contributed by atoms with van der Waals surface area (Å²) in [4.78, 5) is 6.31. The Bertz CT molecular complexity index is 550. The number of aliphatic hydroxyl groups excluding tert-OH is 1. The van der Waals surface area contributed by atoms with Crippen LogP contribution in [-0.4, -0.2) is 35.6 Å². The Labute approximate surface area is 120 Å². The molecule has 1 N–H and O–H groups in total. The highest BCUT2D eigenvalue weighted by molar-refractivity contribution is 5.69. The van der Waals surface area contributed by atoms with Crippen molar-refractivity contribution in [1.82, 2.24) is 9.88 Å². The molecule has 0 fully saturated rings. The minimum absolute atomic E-state index is 0.668. The lowest BCUT2D eigenvalue weighted by atomic mass is 9.97. The Morgan fingerprint density at radius 3 is 2.45 bits per heavy atom. The summed E-state index contributed by atoms with van der Waals surface area (Å²) in [5, 5.41) is 10.6. The molecule has 0 aliphatic carbocycles. The first kappa shape index (κ1) is 14.4. The molecule has 20 heavy (non-hydrogen) atoms. The predicted molar refractivity (Wildman–Crippen MR) is 82.2 cm³/mol. The standard InChI is InChI=1S/C17H20N2O/c1-19(2)13-11-15(14-8-4-3-5-9-14)17(20)16-10-6-7-12-18-16/h3-12,17,20H,13H2,1-2H3. The van der Waals surface area contributed by atoms with Gasteiger partial charge >= 0.3 is 0 Å². The zero-order chi connectivity index (χ0) is 14.4. The van der Waals surface area contributed by atoms with E-state index in [1.165, 1.54) is 0 Å². The van der Waals surface area contributed by atoms with Gasteiger partial charge in [-0.1, -0.05) is 42.5 Å². The first-order chi connectivity index (χ1) is 9.68. The van der Waals surface area contributed by atoms with E-state index in [1.807, 2.05) is 62.6 Å². The minimum Gasteiger partial charge on any atom is -0.382 e. The van der Waals surface area contributed by atoms with Gasteiger partial charge < -0.3 is 10.0 Å². The molecule has 104 valence electrons. The minimum atomic E-state index is -0.710. The summed E-state index contributed by atoms with van der Waals surface area (Å²) in [5.41, 5.74) is 2.58. The van der Waals surface area contributed by atoms with Crippen molar-refractivity contribution in [2.75, 3.05) is 20.6 Å². The van der Waals surface area contributed by atoms with Crippen molar-refractivity contribution in [2.24, 2.45) is 0 Å². The molecule has 0 saturated heterocycles. The van der Waals surface area contributed by atoms with E-state index in [9.17, 15) is 5.11 Å². The normalized spacial score (nSPS) is 13.5. The monoisotopic (exact) mass is 268 g/mol. The van der Waals surface area contributed by atoms with Gasteiger partial charge in [-0.25, -0.2) is 0 Å². The fraction of sp³-hybridized carbons (Fsp3) is 0.235. The molecule has 1 heterocycles. The molecule has 0 saturated carbocycles. The maximum absolute atomic E-state index is 10.6. The SMILES string of the molecule is CN(C)CC=C(c1ccccc1)C(O)c1ccccn1. The van der Waals surface area contributed by atoms with Gasteiger partial charge in [-0.15, -0.1) is 0 Å². The number of hydrogen-bond donors (Lipinski definition) is 1. The van der Waals surface area contributed by atoms with E-state index in [2.05, 4.69) is 16.0 Å². The second kappa shape index (κ2) is 6.98. The Morgan fingerprint density at radius 1 is 1.15 bits per heavy atom. The number of pyridine rings is 1. The fourth-order valence-corrected chi connectivity index (χ4v) is 2.00. The Hall–Kier alpha value is -1.97. The second-order valence-electron chi connectivity index (χ2n) is 4.94. The van der Waals surface area contributed by atoms with E-state index in [1.54, 1.807) is 6.20 Å². The molecule has 0 spiro atoms. The molecule has 2 aromatic rings. The van der Waals surface area contributed by atoms with Crippen LogP contribution in [0, 0.1) is 0 Å². The van der Waals surface area contributed by atoms with Crippen LogP contribution in [0.25, 0.3) is 5.57 Å². The lowest BCUT2D eigenvalue weighted by Gasteiger charge is -2.16. The highest BCUT2D eigenvalue weighted by Crippen LogP contribution is 2.28. The summed E-state index contributed by atoms with van der Waals surface area (Å²) in [6.07, 6.45) is 3.04. The van der Waals surface area contributed by atoms with Crippen LogP contribution in [0.15, 0.2) is 60.8 Å². The maximum atomic E-state index is 10.6. The highest BCUT2D eigenvalue weighted by atomic mass is 16.3. The Morgan fingerprint density at radius 2 is 1.85 bits per heavy atom. The molecular weight excluding hydrogens is 248 g/mol. The molecular formula is C17H20N2O. The van der Waals surface area contributed by atoms with Gasteiger partial charge in [0.1, 0.15) is 6.10 Å². The summed E-state index contributed by atoms with van der Waals surface area (Å²) < 4.78 is 0. The largest absolute Gasteiger partial charge is 0.382 e. The van der Waals surface area contributed by atoms with Crippen molar-refractivity contribution < 1.29 is 5.11 Å². The summed E-state index contributed by atoms with van der Waals surface area (Å²) in [6.45, 7) is 0.772. The van der Waals surface area contributed by atoms with Gasteiger partial charge in [-0.2, -0.15) is 0 Å². The first-order valence-electron chi connectivity index (χ1n) is 6.67. The molecule has 0 bridgehead atoms. The van der Waals surface area contributed by atoms with E-state index in [4.69, 9.17) is 0 Å². The van der Waals surface area contributed by atoms with Crippen LogP contribution in [0.3, 0.4) is 0 Å². The van der Waals surface area contributed by atoms with Crippen LogP contribution in [0.4, 0.5) is 0 Å². The Balaban J connectivity index is 2.34. The zero-order valence-electron chi connectivity index (χ0n) is 11.9. The van der Waals surface area contributed by atoms with E-state index in [0.29, 0.717) is 5.69 Å². The molecule has 0 amide bonds. The van der Waals surface area contributed by atoms with Crippen LogP contribution in [-0.2, 0) is 0 Å². The average molecular weight is 268 g/mol. The smallest absolute Gasteiger partial charge is 0.121 e. The third-order valence-electron chi connectivity index (χ3n) is 3.05. The van der Waals surface area contributed by atoms with Crippen LogP contribution in [0.2, 0.25) is 0 Å². The van der Waals surface area contributed by atoms with Gasteiger partial charge in [-0.05, 0) is 37.4 Å². The number of likely N-dealkylation sites (N-methyl/N-ethyl adjacent to an activating group) is 1. The second-order valence-corrected chi connectivity index (χ2v) is 4.94. The molecule has 1 atom stereocenters. The summed E-state index contributed by atoms with van der Waals surface area (Å²) in [5.74, 6) is 0. The maximum Gasteiger partial charge on any atom is 0.121 e. The van der Waals surface area contributed by atoms with Crippen molar-refractivity contribution in [1.29, 1.82) is 0 Å². The van der Waals surface area contributed by atoms with Gasteiger partial charge in [0.2, 0.25) is 0 Å². The number of rotatable bonds is 5. The van der Waals surface area contributed by atoms with Gasteiger partial charge in [0, 0.05) is 12.7 Å². The van der Waals surface area contributed by atoms with Crippen molar-refractivity contribution >= 4 is 5.57 Å². The van der Waals surface area contributed by atoms with Crippen molar-refractivity contribution in [3.63, 3.8) is 0 Å². The Kier molecular flexibility index (Phi) is 5.04. The predicted octanol–water partition coefficient (Wildman–Crippen LogP) is 2.76. The van der Waals surface area contributed by atoms with Crippen LogP contribution >= 0.6 is 0 Å². The molecule has 2 rings (SSSR count). The van der Waals surface area contributed by atoms with Gasteiger partial charge in [0.15, 0.2) is 0 Å². The van der Waals surface area contributed by atoms with E-state index < -0.39 is 6.10 Å². The number of nitrogens with zero attached hydrogens (tertiary/aromatic N) is 2. The summed E-state index contributed by atoms with van der Waals surface area (Å²) in [7, 11) is 4.01. The third-order valence-corrected chi connectivity index (χ3v) is 3.05. The average Bonchev–Trinajstić information content (AvgIpc) is 2.49. The van der Waals surface area contributed by atoms with Gasteiger partial charge in [-0.3, -0.25) is 4.98 Å². The van der Waals surface area contributed by atoms with E-state index in [0.717, 1.165) is 17.7 Å². The van der Waals surface area contributed by atoms with Crippen molar-refractivity contribution in [3.8, 4) is 0 Å². The van der Waals surface area contributed by atoms with Crippen LogP contribution in [0.5, 0.6) is 0 Å². The first-order valence-corrected chi connectivity index (χ1v) is 6.67. The lowest BCUT2D eigenvalue weighted by Crippen LogP contribution is -2.12. The van der Waals surface area contributed by atoms with Crippen LogP contribution < -0.4 is 0 Å². The molecule has 3 heteroatoms. The van der Waals surface area contributed by atoms with Crippen molar-refractivity contribution in [2.45, 2.75) is 6.10 Å². The number of hydrogen-bond acceptors (Lipinski definition) is 3. The van der Waals surface area contributed by atoms with Gasteiger partial charge in [0.05, 0.1) is 5.69 Å². The molecule has 3 nitrogen and oxygen atoms in total. The fourth-order valence-electron chi connectivity index (χ4n) is 2.00. The van der Waals surface area contributed by atoms with E-state index in [-0.39, 0.29) is 0 Å². The summed E-state index contributed by atoms with van der Waals surface area (Å²) >= 11 is 0. The topological polar surface area (TPSA) is 36.4 Å². The molecule has 0 aliphatic heterocycles. The molecule has 1 aromatic heterocycles. The van der Waals surface area contributed by atoms with Gasteiger partial charge in [0.25, 0.3) is 0 Å². The molecule has 1 unspecified atom stereocenters. The van der Waals surface area contributed by atoms with Crippen LogP contribution in [0.1, 0.15) is 17.4 Å². The molecule has 0 aliphatic rings. The van der Waals surface area contributed by atoms with Crippen molar-refractivity contribution in [3.05, 3.63) is 72.1 Å². The zero-order valence-corrected chi connectivity index (χ0v) is 11.9. The number of aromatic nitrogens is 1. The van der Waals surface area contributed by atoms with E-state index >= 15 is 0 Å². The number of benzene rings is 1. The number of aliphatic hydroxyl groups is 1. The third kappa shape index (κ3) is 3.76. The summed E-state index contributed by atoms with van der Waals surface area (Å²) in [6, 6.07) is 15.5. The molecule has 0 radical (unpaired) electrons. The highest BCUT2D eigenvalue weighted by Gasteiger charge is 2.15.